The van der Waals surface area contributed by atoms with Gasteiger partial charge in [-0.05, 0) is 44.2 Å². The third kappa shape index (κ3) is 2.72. The normalized spacial score (nSPS) is 25.2. The summed E-state index contributed by atoms with van der Waals surface area (Å²) < 4.78 is 12.0. The Kier molecular flexibility index (Phi) is 4.60. The number of ketones is 1. The van der Waals surface area contributed by atoms with Crippen molar-refractivity contribution in [1.29, 1.82) is 0 Å². The summed E-state index contributed by atoms with van der Waals surface area (Å²) in [5, 5.41) is 0. The van der Waals surface area contributed by atoms with Gasteiger partial charge in [0.1, 0.15) is 11.5 Å². The van der Waals surface area contributed by atoms with Gasteiger partial charge in [0.25, 0.3) is 0 Å². The molecular weight excluding hydrogens is 472 g/mol. The van der Waals surface area contributed by atoms with Gasteiger partial charge in [0.15, 0.2) is 11.2 Å². The number of para-hydroxylation sites is 1. The number of halogens is 1. The molecule has 5 nitrogen and oxygen atoms in total. The highest BCUT2D eigenvalue weighted by atomic mass is 79.9. The molecule has 1 aliphatic heterocycles. The van der Waals surface area contributed by atoms with Crippen LogP contribution in [0.1, 0.15) is 34.3 Å². The Morgan fingerprint density at radius 1 is 0.969 bits per heavy atom. The van der Waals surface area contributed by atoms with Gasteiger partial charge in [0.2, 0.25) is 0 Å². The first kappa shape index (κ1) is 20.6. The van der Waals surface area contributed by atoms with Crippen LogP contribution in [0.25, 0.3) is 0 Å². The molecule has 3 aromatic carbocycles. The number of Topliss-reactive ketones (excluding diaryl/α,β-unsaturated/α-hetero) is 1. The third-order valence-corrected chi connectivity index (χ3v) is 7.16. The van der Waals surface area contributed by atoms with Crippen molar-refractivity contribution >= 4 is 33.7 Å². The largest absolute Gasteiger partial charge is 0.426 e. The van der Waals surface area contributed by atoms with E-state index in [2.05, 4.69) is 15.9 Å². The standard InChI is InChI=1S/C26H19BrO5/c1-15-7-9-16(10-8-15)22(28)25(2)21-19-5-3-4-6-20(19)32-24(30)26(21,25)23(29)31-18-13-11-17(27)12-14-18/h3-14,21H,1-2H3. The lowest BCUT2D eigenvalue weighted by atomic mass is 9.86. The number of hydrogen-bond acceptors (Lipinski definition) is 5. The van der Waals surface area contributed by atoms with Gasteiger partial charge in [0.05, 0.1) is 5.41 Å². The minimum atomic E-state index is -1.75. The van der Waals surface area contributed by atoms with E-state index >= 15 is 0 Å². The molecule has 0 radical (unpaired) electrons. The van der Waals surface area contributed by atoms with Crippen molar-refractivity contribution in [2.24, 2.45) is 10.8 Å². The Bertz CT molecular complexity index is 1260. The molecule has 2 aliphatic rings. The van der Waals surface area contributed by atoms with Gasteiger partial charge in [-0.25, -0.2) is 0 Å². The first-order chi connectivity index (χ1) is 15.3. The highest BCUT2D eigenvalue weighted by Crippen LogP contribution is 2.78. The fraction of sp³-hybridized carbons (Fsp3) is 0.192. The van der Waals surface area contributed by atoms with E-state index in [1.807, 2.05) is 19.1 Å². The van der Waals surface area contributed by atoms with Gasteiger partial charge < -0.3 is 9.47 Å². The summed E-state index contributed by atoms with van der Waals surface area (Å²) in [6, 6.07) is 20.8. The maximum Gasteiger partial charge on any atom is 0.330 e. The van der Waals surface area contributed by atoms with Gasteiger partial charge in [0, 0.05) is 21.5 Å². The zero-order valence-electron chi connectivity index (χ0n) is 17.4. The maximum atomic E-state index is 13.7. The molecule has 1 fully saturated rings. The molecule has 0 bridgehead atoms. The lowest BCUT2D eigenvalue weighted by Gasteiger charge is -2.22. The molecule has 1 heterocycles. The van der Waals surface area contributed by atoms with E-state index in [0.29, 0.717) is 16.9 Å². The van der Waals surface area contributed by atoms with Crippen molar-refractivity contribution in [2.45, 2.75) is 19.8 Å². The summed E-state index contributed by atoms with van der Waals surface area (Å²) in [6.45, 7) is 3.59. The first-order valence-electron chi connectivity index (χ1n) is 10.2. The number of fused-ring (bicyclic) bond motifs is 3. The molecular formula is C26H19BrO5. The van der Waals surface area contributed by atoms with Crippen LogP contribution in [0.4, 0.5) is 0 Å². The number of rotatable bonds is 4. The fourth-order valence-corrected chi connectivity index (χ4v) is 5.17. The summed E-state index contributed by atoms with van der Waals surface area (Å²) in [5.74, 6) is -1.85. The smallest absolute Gasteiger partial charge is 0.330 e. The molecule has 0 amide bonds. The van der Waals surface area contributed by atoms with Crippen molar-refractivity contribution in [2.75, 3.05) is 0 Å². The van der Waals surface area contributed by atoms with Crippen LogP contribution in [0.15, 0.2) is 77.3 Å². The average molecular weight is 491 g/mol. The van der Waals surface area contributed by atoms with Crippen LogP contribution in [0.2, 0.25) is 0 Å². The zero-order chi connectivity index (χ0) is 22.7. The Morgan fingerprint density at radius 2 is 1.62 bits per heavy atom. The van der Waals surface area contributed by atoms with Gasteiger partial charge >= 0.3 is 11.9 Å². The van der Waals surface area contributed by atoms with Crippen LogP contribution < -0.4 is 9.47 Å². The van der Waals surface area contributed by atoms with Crippen molar-refractivity contribution in [3.8, 4) is 11.5 Å². The quantitative estimate of drug-likeness (QED) is 0.216. The lowest BCUT2D eigenvalue weighted by Crippen LogP contribution is -2.41. The molecule has 0 N–H and O–H groups in total. The molecule has 3 unspecified atom stereocenters. The summed E-state index contributed by atoms with van der Waals surface area (Å²) in [5.41, 5.74) is -0.986. The molecule has 0 spiro atoms. The number of ether oxygens (including phenoxy) is 2. The highest BCUT2D eigenvalue weighted by molar-refractivity contribution is 9.10. The Hall–Kier alpha value is -3.25. The van der Waals surface area contributed by atoms with Crippen LogP contribution >= 0.6 is 15.9 Å². The van der Waals surface area contributed by atoms with E-state index < -0.39 is 28.7 Å². The van der Waals surface area contributed by atoms with Crippen LogP contribution in [0.3, 0.4) is 0 Å². The molecule has 0 aromatic heterocycles. The van der Waals surface area contributed by atoms with E-state index in [4.69, 9.17) is 9.47 Å². The number of benzene rings is 3. The van der Waals surface area contributed by atoms with E-state index in [-0.39, 0.29) is 11.5 Å². The second kappa shape index (κ2) is 7.14. The van der Waals surface area contributed by atoms with Crippen molar-refractivity contribution in [1.82, 2.24) is 0 Å². The third-order valence-electron chi connectivity index (χ3n) is 6.63. The van der Waals surface area contributed by atoms with Gasteiger partial charge in [-0.2, -0.15) is 0 Å². The second-order valence-electron chi connectivity index (χ2n) is 8.41. The maximum absolute atomic E-state index is 13.7. The number of esters is 2. The van der Waals surface area contributed by atoms with Gasteiger partial charge in [-0.1, -0.05) is 64.0 Å². The fourth-order valence-electron chi connectivity index (χ4n) is 4.90. The number of aryl methyl sites for hydroxylation is 1. The molecule has 3 atom stereocenters. The zero-order valence-corrected chi connectivity index (χ0v) is 19.0. The summed E-state index contributed by atoms with van der Waals surface area (Å²) in [4.78, 5) is 40.6. The highest BCUT2D eigenvalue weighted by Gasteiger charge is 2.89. The van der Waals surface area contributed by atoms with E-state index in [1.165, 1.54) is 0 Å². The molecule has 32 heavy (non-hydrogen) atoms. The number of hydrogen-bond donors (Lipinski definition) is 0. The topological polar surface area (TPSA) is 69.7 Å². The van der Waals surface area contributed by atoms with Crippen molar-refractivity contribution < 1.29 is 23.9 Å². The Labute approximate surface area is 193 Å². The van der Waals surface area contributed by atoms with Crippen LogP contribution in [0.5, 0.6) is 11.5 Å². The van der Waals surface area contributed by atoms with E-state index in [1.54, 1.807) is 67.6 Å². The molecule has 1 saturated carbocycles. The molecule has 5 rings (SSSR count). The summed E-state index contributed by atoms with van der Waals surface area (Å²) in [7, 11) is 0. The predicted octanol–water partition coefficient (Wildman–Crippen LogP) is 5.25. The summed E-state index contributed by atoms with van der Waals surface area (Å²) >= 11 is 3.34. The lowest BCUT2D eigenvalue weighted by molar-refractivity contribution is -0.156. The number of carbonyl (C=O) groups is 3. The second-order valence-corrected chi connectivity index (χ2v) is 9.32. The van der Waals surface area contributed by atoms with Crippen LogP contribution in [-0.4, -0.2) is 17.7 Å². The Balaban J connectivity index is 1.62. The molecule has 1 aliphatic carbocycles. The van der Waals surface area contributed by atoms with E-state index in [0.717, 1.165) is 10.0 Å². The molecule has 160 valence electrons. The minimum absolute atomic E-state index is 0.287. The average Bonchev–Trinajstić information content (AvgIpc) is 3.39. The Morgan fingerprint density at radius 3 is 2.31 bits per heavy atom. The SMILES string of the molecule is Cc1ccc(C(=O)C2(C)C3c4ccccc4OC(=O)C32C(=O)Oc2ccc(Br)cc2)cc1. The van der Waals surface area contributed by atoms with Crippen molar-refractivity contribution in [3.63, 3.8) is 0 Å². The van der Waals surface area contributed by atoms with Gasteiger partial charge in [-0.3, -0.25) is 14.4 Å². The molecule has 0 saturated heterocycles. The van der Waals surface area contributed by atoms with Gasteiger partial charge in [-0.15, -0.1) is 0 Å². The monoisotopic (exact) mass is 490 g/mol. The molecule has 3 aromatic rings. The van der Waals surface area contributed by atoms with E-state index in [9.17, 15) is 14.4 Å². The predicted molar refractivity (Wildman–Crippen MR) is 121 cm³/mol. The first-order valence-corrected chi connectivity index (χ1v) is 11.0. The summed E-state index contributed by atoms with van der Waals surface area (Å²) in [6.07, 6.45) is 0. The van der Waals surface area contributed by atoms with Crippen LogP contribution in [-0.2, 0) is 9.59 Å². The van der Waals surface area contributed by atoms with Crippen LogP contribution in [0, 0.1) is 17.8 Å². The number of carbonyl (C=O) groups excluding carboxylic acids is 3. The minimum Gasteiger partial charge on any atom is -0.426 e. The molecule has 6 heteroatoms. The van der Waals surface area contributed by atoms with Crippen molar-refractivity contribution in [3.05, 3.63) is 94.0 Å².